The Morgan fingerprint density at radius 3 is 2.00 bits per heavy atom. The topological polar surface area (TPSA) is 98.6 Å². The van der Waals surface area contributed by atoms with Crippen molar-refractivity contribution < 1.29 is 18.0 Å². The van der Waals surface area contributed by atoms with E-state index >= 15 is 0 Å². The fourth-order valence-corrected chi connectivity index (χ4v) is 3.94. The Morgan fingerprint density at radius 2 is 1.45 bits per heavy atom. The molecule has 2 amide bonds. The Balaban J connectivity index is 1.72. The second-order valence-corrected chi connectivity index (χ2v) is 8.95. The van der Waals surface area contributed by atoms with Crippen molar-refractivity contribution in [3.8, 4) is 6.07 Å². The van der Waals surface area contributed by atoms with Gasteiger partial charge < -0.3 is 9.80 Å². The summed E-state index contributed by atoms with van der Waals surface area (Å²) in [6, 6.07) is 14.6. The van der Waals surface area contributed by atoms with Crippen molar-refractivity contribution in [2.45, 2.75) is 11.3 Å². The lowest BCUT2D eigenvalue weighted by Gasteiger charge is -2.22. The molecule has 0 radical (unpaired) electrons. The molecule has 2 aromatic carbocycles. The van der Waals surface area contributed by atoms with Crippen LogP contribution in [0.15, 0.2) is 53.4 Å². The monoisotopic (exact) mass is 411 g/mol. The van der Waals surface area contributed by atoms with Gasteiger partial charge in [-0.25, -0.2) is 8.42 Å². The maximum atomic E-state index is 12.9. The van der Waals surface area contributed by atoms with Gasteiger partial charge in [-0.15, -0.1) is 0 Å². The number of sulfone groups is 1. The highest BCUT2D eigenvalue weighted by Crippen LogP contribution is 2.16. The molecule has 3 rings (SSSR count). The van der Waals surface area contributed by atoms with Crippen LogP contribution >= 0.6 is 0 Å². The van der Waals surface area contributed by atoms with Crippen molar-refractivity contribution in [3.63, 3.8) is 0 Å². The molecule has 1 aliphatic rings. The molecule has 2 aromatic rings. The number of nitrogens with zero attached hydrogens (tertiary/aromatic N) is 3. The van der Waals surface area contributed by atoms with Crippen LogP contribution in [0.1, 0.15) is 32.7 Å². The highest BCUT2D eigenvalue weighted by Gasteiger charge is 2.24. The van der Waals surface area contributed by atoms with Gasteiger partial charge in [0.05, 0.1) is 16.5 Å². The first-order valence-corrected chi connectivity index (χ1v) is 11.1. The van der Waals surface area contributed by atoms with Crippen molar-refractivity contribution >= 4 is 21.7 Å². The number of hydrogen-bond acceptors (Lipinski definition) is 5. The van der Waals surface area contributed by atoms with Crippen LogP contribution in [0.4, 0.5) is 0 Å². The predicted molar refractivity (Wildman–Crippen MR) is 107 cm³/mol. The van der Waals surface area contributed by atoms with E-state index < -0.39 is 9.84 Å². The molecule has 1 saturated heterocycles. The highest BCUT2D eigenvalue weighted by atomic mass is 32.2. The van der Waals surface area contributed by atoms with Crippen LogP contribution < -0.4 is 0 Å². The van der Waals surface area contributed by atoms with E-state index in [-0.39, 0.29) is 16.7 Å². The van der Waals surface area contributed by atoms with Crippen LogP contribution in [0.3, 0.4) is 0 Å². The summed E-state index contributed by atoms with van der Waals surface area (Å²) in [7, 11) is -3.40. The van der Waals surface area contributed by atoms with Crippen molar-refractivity contribution in [2.24, 2.45) is 0 Å². The molecule has 8 heteroatoms. The lowest BCUT2D eigenvalue weighted by Crippen LogP contribution is -2.37. The molecule has 0 unspecified atom stereocenters. The smallest absolute Gasteiger partial charge is 0.253 e. The summed E-state index contributed by atoms with van der Waals surface area (Å²) in [4.78, 5) is 29.0. The van der Waals surface area contributed by atoms with E-state index in [1.807, 2.05) is 6.07 Å². The van der Waals surface area contributed by atoms with Crippen molar-refractivity contribution in [1.29, 1.82) is 5.26 Å². The van der Waals surface area contributed by atoms with Gasteiger partial charge in [0.25, 0.3) is 11.8 Å². The molecule has 150 valence electrons. The van der Waals surface area contributed by atoms with Gasteiger partial charge >= 0.3 is 0 Å². The number of carbonyl (C=O) groups is 2. The maximum Gasteiger partial charge on any atom is 0.253 e. The minimum atomic E-state index is -3.40. The average molecular weight is 411 g/mol. The number of nitriles is 1. The van der Waals surface area contributed by atoms with Crippen LogP contribution in [0.25, 0.3) is 0 Å². The Labute approximate surface area is 170 Å². The zero-order valence-corrected chi connectivity index (χ0v) is 16.9. The number of rotatable bonds is 3. The number of amides is 2. The normalized spacial score (nSPS) is 14.8. The molecule has 0 aliphatic carbocycles. The van der Waals surface area contributed by atoms with Gasteiger partial charge in [-0.3, -0.25) is 9.59 Å². The fourth-order valence-electron chi connectivity index (χ4n) is 3.27. The first kappa shape index (κ1) is 20.6. The number of hydrogen-bond donors (Lipinski definition) is 0. The lowest BCUT2D eigenvalue weighted by molar-refractivity contribution is 0.0718. The molecule has 29 heavy (non-hydrogen) atoms. The standard InChI is InChI=1S/C21H21N3O4S/c1-29(27,28)19-8-3-7-18(14-19)21(26)24-10-4-9-23(11-12-24)20(25)17-6-2-5-16(13-17)15-22/h2-3,5-8,13-14H,4,9-12H2,1H3. The molecule has 1 heterocycles. The van der Waals surface area contributed by atoms with E-state index in [1.165, 1.54) is 12.1 Å². The summed E-state index contributed by atoms with van der Waals surface area (Å²) in [5.74, 6) is -0.424. The highest BCUT2D eigenvalue weighted by molar-refractivity contribution is 7.90. The summed E-state index contributed by atoms with van der Waals surface area (Å²) in [5, 5.41) is 9.02. The molecule has 7 nitrogen and oxygen atoms in total. The number of benzene rings is 2. The molecule has 0 spiro atoms. The summed E-state index contributed by atoms with van der Waals surface area (Å²) < 4.78 is 23.5. The van der Waals surface area contributed by atoms with E-state index in [2.05, 4.69) is 0 Å². The van der Waals surface area contributed by atoms with Gasteiger partial charge in [0, 0.05) is 43.6 Å². The second kappa shape index (κ2) is 8.45. The van der Waals surface area contributed by atoms with Gasteiger partial charge in [0.2, 0.25) is 0 Å². The zero-order valence-electron chi connectivity index (χ0n) is 16.0. The first-order chi connectivity index (χ1) is 13.8. The Hall–Kier alpha value is -3.18. The average Bonchev–Trinajstić information content (AvgIpc) is 2.98. The minimum Gasteiger partial charge on any atom is -0.337 e. The van der Waals surface area contributed by atoms with Crippen molar-refractivity contribution in [1.82, 2.24) is 9.80 Å². The fraction of sp³-hybridized carbons (Fsp3) is 0.286. The van der Waals surface area contributed by atoms with E-state index in [4.69, 9.17) is 5.26 Å². The van der Waals surface area contributed by atoms with Crippen LogP contribution in [-0.2, 0) is 9.84 Å². The number of carbonyl (C=O) groups excluding carboxylic acids is 2. The Morgan fingerprint density at radius 1 is 0.897 bits per heavy atom. The zero-order chi connectivity index (χ0) is 21.0. The van der Waals surface area contributed by atoms with Crippen LogP contribution in [0.5, 0.6) is 0 Å². The molecule has 1 fully saturated rings. The Bertz CT molecular complexity index is 1090. The van der Waals surface area contributed by atoms with Crippen LogP contribution in [-0.4, -0.2) is 62.5 Å². The molecular formula is C21H21N3O4S. The minimum absolute atomic E-state index is 0.104. The third kappa shape index (κ3) is 4.81. The summed E-state index contributed by atoms with van der Waals surface area (Å²) >= 11 is 0. The quantitative estimate of drug-likeness (QED) is 0.769. The van der Waals surface area contributed by atoms with Crippen LogP contribution in [0.2, 0.25) is 0 Å². The third-order valence-corrected chi connectivity index (χ3v) is 5.93. The molecule has 0 aromatic heterocycles. The summed E-state index contributed by atoms with van der Waals surface area (Å²) in [6.45, 7) is 1.70. The Kier molecular flexibility index (Phi) is 5.99. The second-order valence-electron chi connectivity index (χ2n) is 6.93. The van der Waals surface area contributed by atoms with Crippen molar-refractivity contribution in [3.05, 3.63) is 65.2 Å². The van der Waals surface area contributed by atoms with Gasteiger partial charge in [0.1, 0.15) is 0 Å². The maximum absolute atomic E-state index is 12.9. The van der Waals surface area contributed by atoms with Gasteiger partial charge in [-0.1, -0.05) is 12.1 Å². The summed E-state index contributed by atoms with van der Waals surface area (Å²) in [5.41, 5.74) is 1.19. The molecule has 0 saturated carbocycles. The van der Waals surface area contributed by atoms with E-state index in [9.17, 15) is 18.0 Å². The van der Waals surface area contributed by atoms with E-state index in [0.717, 1.165) is 6.26 Å². The van der Waals surface area contributed by atoms with E-state index in [0.29, 0.717) is 49.3 Å². The van der Waals surface area contributed by atoms with Crippen LogP contribution in [0, 0.1) is 11.3 Å². The molecule has 0 N–H and O–H groups in total. The van der Waals surface area contributed by atoms with Gasteiger partial charge in [-0.2, -0.15) is 5.26 Å². The lowest BCUT2D eigenvalue weighted by atomic mass is 10.1. The SMILES string of the molecule is CS(=O)(=O)c1cccc(C(=O)N2CCCN(C(=O)c3cccc(C#N)c3)CC2)c1. The van der Waals surface area contributed by atoms with Crippen molar-refractivity contribution in [2.75, 3.05) is 32.4 Å². The predicted octanol–water partition coefficient (Wildman–Crippen LogP) is 1.95. The molecule has 0 atom stereocenters. The van der Waals surface area contributed by atoms with Gasteiger partial charge in [-0.05, 0) is 42.8 Å². The molecule has 1 aliphatic heterocycles. The first-order valence-electron chi connectivity index (χ1n) is 9.18. The molecular weight excluding hydrogens is 390 g/mol. The largest absolute Gasteiger partial charge is 0.337 e. The summed E-state index contributed by atoms with van der Waals surface area (Å²) in [6.07, 6.45) is 1.72. The van der Waals surface area contributed by atoms with Gasteiger partial charge in [0.15, 0.2) is 9.84 Å². The third-order valence-electron chi connectivity index (χ3n) is 4.82. The molecule has 0 bridgehead atoms. The van der Waals surface area contributed by atoms with E-state index in [1.54, 1.807) is 46.2 Å².